The molecule has 0 radical (unpaired) electrons. The number of aromatic nitrogens is 1. The van der Waals surface area contributed by atoms with Crippen LogP contribution in [0.25, 0.3) is 0 Å². The average Bonchev–Trinajstić information content (AvgIpc) is 3.83. The van der Waals surface area contributed by atoms with Crippen molar-refractivity contribution >= 4 is 78.1 Å². The molecule has 4 aliphatic rings. The number of nitrogens with two attached hydrogens (primary N) is 1. The molecule has 7 atom stereocenters. The van der Waals surface area contributed by atoms with E-state index in [1.807, 2.05) is 31.2 Å². The third kappa shape index (κ3) is 5.90. The van der Waals surface area contributed by atoms with E-state index in [1.54, 1.807) is 30.0 Å². The molecule has 1 saturated heterocycles. The number of rotatable bonds is 9. The minimum absolute atomic E-state index is 0.00510. The number of halogens is 1. The summed E-state index contributed by atoms with van der Waals surface area (Å²) in [5.74, 6) is -1.15. The van der Waals surface area contributed by atoms with E-state index in [9.17, 15) is 27.6 Å². The van der Waals surface area contributed by atoms with E-state index in [4.69, 9.17) is 14.6 Å². The molecule has 8 rings (SSSR count). The maximum Gasteiger partial charge on any atom is 0.305 e. The van der Waals surface area contributed by atoms with Gasteiger partial charge in [-0.3, -0.25) is 24.1 Å². The normalized spacial score (nSPS) is 26.1. The van der Waals surface area contributed by atoms with Crippen LogP contribution in [0.1, 0.15) is 29.7 Å². The molecule has 0 spiro atoms. The highest BCUT2D eigenvalue weighted by molar-refractivity contribution is 9.10. The second kappa shape index (κ2) is 12.9. The summed E-state index contributed by atoms with van der Waals surface area (Å²) in [6, 6.07) is 18.2. The molecule has 4 N–H and O–H groups in total. The minimum Gasteiger partial charge on any atom is -0.490 e. The Morgan fingerprint density at radius 1 is 0.980 bits per heavy atom. The molecule has 3 aromatic carbocycles. The molecule has 2 aliphatic heterocycles. The van der Waals surface area contributed by atoms with Crippen molar-refractivity contribution in [3.05, 3.63) is 91.3 Å². The third-order valence-corrected chi connectivity index (χ3v) is 14.3. The van der Waals surface area contributed by atoms with Crippen LogP contribution in [0.15, 0.2) is 85.9 Å². The van der Waals surface area contributed by atoms with Gasteiger partial charge < -0.3 is 19.8 Å². The summed E-state index contributed by atoms with van der Waals surface area (Å²) in [5.41, 5.74) is 1.84. The van der Waals surface area contributed by atoms with Crippen molar-refractivity contribution < 1.29 is 32.3 Å². The first-order chi connectivity index (χ1) is 24.4. The van der Waals surface area contributed by atoms with Gasteiger partial charge in [0.15, 0.2) is 18.1 Å². The lowest BCUT2D eigenvalue weighted by Gasteiger charge is -2.43. The number of thiazole rings is 1. The Balaban J connectivity index is 1.07. The molecule has 51 heavy (non-hydrogen) atoms. The van der Waals surface area contributed by atoms with Crippen molar-refractivity contribution in [1.82, 2.24) is 4.98 Å². The van der Waals surface area contributed by atoms with Gasteiger partial charge in [-0.15, -0.1) is 11.8 Å². The summed E-state index contributed by atoms with van der Waals surface area (Å²) in [7, 11) is -3.86. The van der Waals surface area contributed by atoms with Gasteiger partial charge in [-0.2, -0.15) is 0 Å². The Morgan fingerprint density at radius 3 is 2.37 bits per heavy atom. The monoisotopic (exact) mass is 810 g/mol. The van der Waals surface area contributed by atoms with Gasteiger partial charge in [0, 0.05) is 26.2 Å². The number of ether oxygens (including phenoxy) is 2. The van der Waals surface area contributed by atoms with Crippen LogP contribution in [0, 0.1) is 29.6 Å². The number of benzene rings is 3. The number of primary sulfonamides is 1. The van der Waals surface area contributed by atoms with Crippen molar-refractivity contribution in [2.45, 2.75) is 34.4 Å². The molecule has 2 aliphatic carbocycles. The Kier molecular flexibility index (Phi) is 8.65. The zero-order valence-corrected chi connectivity index (χ0v) is 30.9. The number of hydrogen-bond donors (Lipinski definition) is 3. The summed E-state index contributed by atoms with van der Waals surface area (Å²) in [4.78, 5) is 58.5. The van der Waals surface area contributed by atoms with Crippen LogP contribution in [-0.4, -0.2) is 49.6 Å². The highest BCUT2D eigenvalue weighted by atomic mass is 79.9. The number of anilines is 2. The average molecular weight is 812 g/mol. The van der Waals surface area contributed by atoms with Crippen LogP contribution in [0.5, 0.6) is 11.5 Å². The lowest BCUT2D eigenvalue weighted by Crippen LogP contribution is -2.42. The molecule has 4 aromatic rings. The Bertz CT molecular complexity index is 2240. The van der Waals surface area contributed by atoms with Gasteiger partial charge in [0.1, 0.15) is 0 Å². The van der Waals surface area contributed by atoms with Crippen LogP contribution >= 0.6 is 39.0 Å². The first kappa shape index (κ1) is 34.1. The molecule has 1 aromatic heterocycles. The number of nitrogens with zero attached hydrogens (tertiary/aromatic N) is 1. The Hall–Kier alpha value is -3.96. The molecule has 2 saturated carbocycles. The summed E-state index contributed by atoms with van der Waals surface area (Å²) >= 11 is 6.23. The molecular weight excluding hydrogens is 781 g/mol. The molecule has 16 heteroatoms. The van der Waals surface area contributed by atoms with Crippen LogP contribution < -0.4 is 29.7 Å². The number of carbonyl (C=O) groups excluding carboxylic acids is 3. The van der Waals surface area contributed by atoms with Crippen molar-refractivity contribution in [2.24, 2.45) is 34.7 Å². The van der Waals surface area contributed by atoms with E-state index < -0.39 is 27.8 Å². The van der Waals surface area contributed by atoms with Gasteiger partial charge >= 0.3 is 4.87 Å². The highest BCUT2D eigenvalue weighted by Gasteiger charge is 2.69. The molecule has 264 valence electrons. The Labute approximate surface area is 309 Å². The predicted octanol–water partition coefficient (Wildman–Crippen LogP) is 4.94. The van der Waals surface area contributed by atoms with Crippen LogP contribution in [0.4, 0.5) is 11.4 Å². The summed E-state index contributed by atoms with van der Waals surface area (Å²) in [6.45, 7) is 1.82. The summed E-state index contributed by atoms with van der Waals surface area (Å²) in [5, 5.41) is 8.64. The number of fused-ring (bicyclic) bond motifs is 9. The summed E-state index contributed by atoms with van der Waals surface area (Å²) in [6.07, 6.45) is 0.762. The van der Waals surface area contributed by atoms with Crippen LogP contribution in [-0.2, 0) is 24.4 Å². The molecule has 3 amide bonds. The lowest BCUT2D eigenvalue weighted by atomic mass is 9.68. The number of sulfonamides is 1. The van der Waals surface area contributed by atoms with Crippen LogP contribution in [0.3, 0.4) is 0 Å². The largest absolute Gasteiger partial charge is 0.490 e. The van der Waals surface area contributed by atoms with Gasteiger partial charge in [0.25, 0.3) is 5.91 Å². The molecule has 2 bridgehead atoms. The molecule has 3 heterocycles. The number of carbonyl (C=O) groups is 3. The molecular formula is C35H31BrN4O8S3. The number of imide groups is 1. The second-order valence-electron chi connectivity index (χ2n) is 13.0. The smallest absolute Gasteiger partial charge is 0.305 e. The van der Waals surface area contributed by atoms with E-state index in [0.29, 0.717) is 29.5 Å². The minimum atomic E-state index is -3.86. The SMILES string of the molecule is CCOc1cc([C@H]2c3sc(=O)[nH]c3SC3C2[C@H]2C[C@@H]3C3C(=O)N(c4ccc(Br)cc4)C(=O)C32)ccc1OCC(=O)Nc1ccc(S(N)(=O)=O)cc1. The van der Waals surface area contributed by atoms with Gasteiger partial charge in [0.05, 0.1) is 34.1 Å². The van der Waals surface area contributed by atoms with Crippen molar-refractivity contribution in [3.8, 4) is 11.5 Å². The van der Waals surface area contributed by atoms with Gasteiger partial charge in [-0.05, 0) is 97.3 Å². The Morgan fingerprint density at radius 2 is 1.69 bits per heavy atom. The lowest BCUT2D eigenvalue weighted by molar-refractivity contribution is -0.123. The van der Waals surface area contributed by atoms with Crippen LogP contribution in [0.2, 0.25) is 0 Å². The fourth-order valence-corrected chi connectivity index (χ4v) is 12.1. The van der Waals surface area contributed by atoms with Crippen molar-refractivity contribution in [1.29, 1.82) is 0 Å². The number of thioether (sulfide) groups is 1. The molecule has 3 fully saturated rings. The van der Waals surface area contributed by atoms with Gasteiger partial charge in [-0.25, -0.2) is 13.6 Å². The number of hydrogen-bond acceptors (Lipinski definition) is 10. The standard InChI is InChI=1S/C35H31BrN4O8S3/c1-2-47-24-13-16(3-12-23(24)48-15-25(41)38-18-6-10-20(11-7-18)51(37,45)46)26-27-21-14-22(30(27)49-32-31(26)50-35(44)39-32)29-28(21)33(42)40(34(29)43)19-8-4-17(36)5-9-19/h3-13,21-22,26-30H,2,14-15H2,1H3,(H,38,41)(H,39,44)(H2,37,45,46)/t21-,22-,26-,27?,28?,29?,30?/m1/s1. The zero-order valence-electron chi connectivity index (χ0n) is 26.9. The van der Waals surface area contributed by atoms with Crippen molar-refractivity contribution in [2.75, 3.05) is 23.4 Å². The second-order valence-corrected chi connectivity index (χ2v) is 17.7. The quantitative estimate of drug-likeness (QED) is 0.198. The predicted molar refractivity (Wildman–Crippen MR) is 195 cm³/mol. The van der Waals surface area contributed by atoms with E-state index in [-0.39, 0.29) is 57.1 Å². The van der Waals surface area contributed by atoms with E-state index in [1.165, 1.54) is 40.5 Å². The maximum atomic E-state index is 14.1. The van der Waals surface area contributed by atoms with E-state index >= 15 is 0 Å². The first-order valence-electron chi connectivity index (χ1n) is 16.3. The van der Waals surface area contributed by atoms with E-state index in [2.05, 4.69) is 26.2 Å². The molecule has 12 nitrogen and oxygen atoms in total. The third-order valence-electron chi connectivity index (χ3n) is 10.3. The maximum absolute atomic E-state index is 14.1. The topological polar surface area (TPSA) is 178 Å². The van der Waals surface area contributed by atoms with Gasteiger partial charge in [0.2, 0.25) is 21.8 Å². The number of aromatic amines is 1. The number of H-pyrrole nitrogens is 1. The highest BCUT2D eigenvalue weighted by Crippen LogP contribution is 2.68. The first-order valence-corrected chi connectivity index (χ1v) is 20.3. The van der Waals surface area contributed by atoms with E-state index in [0.717, 1.165) is 26.4 Å². The number of nitrogens with one attached hydrogen (secondary N) is 2. The fourth-order valence-electron chi connectivity index (χ4n) is 8.41. The van der Waals surface area contributed by atoms with Crippen molar-refractivity contribution in [3.63, 3.8) is 0 Å². The fraction of sp³-hybridized carbons (Fsp3) is 0.314. The zero-order chi connectivity index (χ0) is 35.8. The number of amides is 3. The summed E-state index contributed by atoms with van der Waals surface area (Å²) < 4.78 is 35.8. The molecule has 4 unspecified atom stereocenters. The van der Waals surface area contributed by atoms with Gasteiger partial charge in [-0.1, -0.05) is 33.3 Å².